The van der Waals surface area contributed by atoms with E-state index in [0.717, 1.165) is 5.56 Å². The number of nitrogens with zero attached hydrogens (tertiary/aromatic N) is 3. The van der Waals surface area contributed by atoms with E-state index in [0.29, 0.717) is 39.5 Å². The number of aromatic amines is 1. The molecule has 0 saturated heterocycles. The second-order valence-corrected chi connectivity index (χ2v) is 8.90. The molecule has 0 unspecified atom stereocenters. The summed E-state index contributed by atoms with van der Waals surface area (Å²) in [5, 5.41) is 3.84. The molecule has 4 rings (SSSR count). The Hall–Kier alpha value is -3.89. The number of H-pyrrole nitrogens is 1. The number of amides is 1. The van der Waals surface area contributed by atoms with E-state index in [1.54, 1.807) is 55.4 Å². The molecular weight excluding hydrogens is 502 g/mol. The number of benzene rings is 2. The van der Waals surface area contributed by atoms with Crippen molar-refractivity contribution in [3.63, 3.8) is 0 Å². The van der Waals surface area contributed by atoms with E-state index < -0.39 is 0 Å². The first-order valence-electron chi connectivity index (χ1n) is 10.9. The summed E-state index contributed by atoms with van der Waals surface area (Å²) in [5.41, 5.74) is 1.87. The molecule has 0 aliphatic heterocycles. The third-order valence-corrected chi connectivity index (χ3v) is 6.06. The standard InChI is InChI=1S/C25H24ClN5O4S/c1-30(2)19-12-16-18(11-17(19)22(32)27-13-14-6-5-7-15(26)10-14)28-25(36)31(24(16)33)21-9-8-20(34-3)23(29-21)35-4/h5-12H,13H2,1-4H3,(H,27,32)(H,28,36). The van der Waals surface area contributed by atoms with Crippen LogP contribution in [0.4, 0.5) is 5.69 Å². The second kappa shape index (κ2) is 10.4. The predicted octanol–water partition coefficient (Wildman–Crippen LogP) is 4.11. The summed E-state index contributed by atoms with van der Waals surface area (Å²) in [6, 6.07) is 13.8. The van der Waals surface area contributed by atoms with Crippen molar-refractivity contribution < 1.29 is 14.3 Å². The highest BCUT2D eigenvalue weighted by Crippen LogP contribution is 2.27. The first-order chi connectivity index (χ1) is 17.2. The maximum absolute atomic E-state index is 13.5. The SMILES string of the molecule is COc1ccc(-n2c(=S)[nH]c3cc(C(=O)NCc4cccc(Cl)c4)c(N(C)C)cc3c2=O)nc1OC. The van der Waals surface area contributed by atoms with Crippen LogP contribution in [0.5, 0.6) is 11.6 Å². The molecule has 2 aromatic carbocycles. The van der Waals surface area contributed by atoms with Gasteiger partial charge in [0.15, 0.2) is 10.5 Å². The Kier molecular flexibility index (Phi) is 7.27. The van der Waals surface area contributed by atoms with Crippen LogP contribution in [0.15, 0.2) is 53.3 Å². The Morgan fingerprint density at radius 1 is 1.17 bits per heavy atom. The van der Waals surface area contributed by atoms with E-state index in [1.807, 2.05) is 12.1 Å². The van der Waals surface area contributed by atoms with Crippen molar-refractivity contribution in [2.45, 2.75) is 6.54 Å². The van der Waals surface area contributed by atoms with Crippen LogP contribution in [-0.4, -0.2) is 48.8 Å². The highest BCUT2D eigenvalue weighted by atomic mass is 35.5. The van der Waals surface area contributed by atoms with Crippen molar-refractivity contribution in [2.75, 3.05) is 33.2 Å². The lowest BCUT2D eigenvalue weighted by molar-refractivity contribution is 0.0951. The molecule has 0 aliphatic rings. The van der Waals surface area contributed by atoms with Gasteiger partial charge in [-0.25, -0.2) is 4.57 Å². The van der Waals surface area contributed by atoms with Crippen LogP contribution in [0.2, 0.25) is 5.02 Å². The molecule has 0 saturated carbocycles. The largest absolute Gasteiger partial charge is 0.491 e. The minimum atomic E-state index is -0.387. The summed E-state index contributed by atoms with van der Waals surface area (Å²) in [4.78, 5) is 35.9. The van der Waals surface area contributed by atoms with E-state index in [-0.39, 0.29) is 27.9 Å². The quantitative estimate of drug-likeness (QED) is 0.350. The zero-order valence-corrected chi connectivity index (χ0v) is 21.7. The molecule has 186 valence electrons. The molecular formula is C25H24ClN5O4S. The van der Waals surface area contributed by atoms with Gasteiger partial charge in [-0.2, -0.15) is 4.98 Å². The zero-order chi connectivity index (χ0) is 26.0. The van der Waals surface area contributed by atoms with E-state index in [9.17, 15) is 9.59 Å². The molecule has 0 fully saturated rings. The van der Waals surface area contributed by atoms with Gasteiger partial charge in [0.05, 0.1) is 30.7 Å². The molecule has 0 radical (unpaired) electrons. The van der Waals surface area contributed by atoms with E-state index in [4.69, 9.17) is 33.3 Å². The molecule has 0 spiro atoms. The van der Waals surface area contributed by atoms with Crippen molar-refractivity contribution >= 4 is 46.3 Å². The lowest BCUT2D eigenvalue weighted by atomic mass is 10.1. The van der Waals surface area contributed by atoms with Gasteiger partial charge in [-0.05, 0) is 54.2 Å². The number of nitrogens with one attached hydrogen (secondary N) is 2. The normalized spacial score (nSPS) is 10.8. The molecule has 2 N–H and O–H groups in total. The zero-order valence-electron chi connectivity index (χ0n) is 20.1. The Morgan fingerprint density at radius 2 is 1.94 bits per heavy atom. The van der Waals surface area contributed by atoms with E-state index in [2.05, 4.69) is 15.3 Å². The molecule has 36 heavy (non-hydrogen) atoms. The van der Waals surface area contributed by atoms with Crippen molar-refractivity contribution in [1.82, 2.24) is 19.9 Å². The van der Waals surface area contributed by atoms with Gasteiger partial charge in [0, 0.05) is 31.4 Å². The van der Waals surface area contributed by atoms with E-state index in [1.165, 1.54) is 18.8 Å². The molecule has 2 heterocycles. The molecule has 0 atom stereocenters. The lowest BCUT2D eigenvalue weighted by Crippen LogP contribution is -2.27. The van der Waals surface area contributed by atoms with Crippen molar-refractivity contribution in [3.05, 3.63) is 79.8 Å². The van der Waals surface area contributed by atoms with Gasteiger partial charge in [0.2, 0.25) is 0 Å². The Labute approximate surface area is 217 Å². The molecule has 0 bridgehead atoms. The molecule has 9 nitrogen and oxygen atoms in total. The second-order valence-electron chi connectivity index (χ2n) is 8.07. The van der Waals surface area contributed by atoms with Gasteiger partial charge in [0.25, 0.3) is 17.3 Å². The van der Waals surface area contributed by atoms with Crippen LogP contribution < -0.4 is 25.2 Å². The number of carbonyl (C=O) groups excluding carboxylic acids is 1. The fraction of sp³-hybridized carbons (Fsp3) is 0.200. The fourth-order valence-electron chi connectivity index (χ4n) is 3.78. The van der Waals surface area contributed by atoms with Gasteiger partial charge < -0.3 is 24.7 Å². The number of ether oxygens (including phenoxy) is 2. The number of halogens is 1. The Morgan fingerprint density at radius 3 is 2.61 bits per heavy atom. The summed E-state index contributed by atoms with van der Waals surface area (Å²) in [7, 11) is 6.56. The summed E-state index contributed by atoms with van der Waals surface area (Å²) >= 11 is 11.5. The average Bonchev–Trinajstić information content (AvgIpc) is 2.86. The monoisotopic (exact) mass is 525 g/mol. The van der Waals surface area contributed by atoms with Crippen LogP contribution in [0, 0.1) is 4.77 Å². The van der Waals surface area contributed by atoms with Gasteiger partial charge in [0.1, 0.15) is 5.82 Å². The molecule has 1 amide bonds. The number of carbonyl (C=O) groups is 1. The maximum atomic E-state index is 13.5. The van der Waals surface area contributed by atoms with Gasteiger partial charge in [-0.15, -0.1) is 0 Å². The van der Waals surface area contributed by atoms with Crippen molar-refractivity contribution in [2.24, 2.45) is 0 Å². The minimum absolute atomic E-state index is 0.120. The van der Waals surface area contributed by atoms with Crippen LogP contribution in [0.3, 0.4) is 0 Å². The van der Waals surface area contributed by atoms with Crippen molar-refractivity contribution in [1.29, 1.82) is 0 Å². The number of methoxy groups -OCH3 is 2. The first-order valence-corrected chi connectivity index (χ1v) is 11.6. The third kappa shape index (κ3) is 4.91. The van der Waals surface area contributed by atoms with Crippen molar-refractivity contribution in [3.8, 4) is 17.4 Å². The predicted molar refractivity (Wildman–Crippen MR) is 143 cm³/mol. The molecule has 4 aromatic rings. The summed E-state index contributed by atoms with van der Waals surface area (Å²) in [5.74, 6) is 0.617. The Bertz CT molecular complexity index is 1580. The number of rotatable bonds is 7. The topological polar surface area (TPSA) is 101 Å². The van der Waals surface area contributed by atoms with Gasteiger partial charge in [-0.1, -0.05) is 23.7 Å². The highest BCUT2D eigenvalue weighted by molar-refractivity contribution is 7.71. The highest BCUT2D eigenvalue weighted by Gasteiger charge is 2.19. The summed E-state index contributed by atoms with van der Waals surface area (Å²) in [6.45, 7) is 0.298. The number of fused-ring (bicyclic) bond motifs is 1. The fourth-order valence-corrected chi connectivity index (χ4v) is 4.28. The number of hydrogen-bond donors (Lipinski definition) is 2. The van der Waals surface area contributed by atoms with E-state index >= 15 is 0 Å². The number of anilines is 1. The molecule has 2 aromatic heterocycles. The van der Waals surface area contributed by atoms with Gasteiger partial charge in [-0.3, -0.25) is 9.59 Å². The number of aromatic nitrogens is 3. The molecule has 0 aliphatic carbocycles. The number of hydrogen-bond acceptors (Lipinski definition) is 7. The third-order valence-electron chi connectivity index (χ3n) is 5.54. The Balaban J connectivity index is 1.79. The van der Waals surface area contributed by atoms with Crippen LogP contribution in [0.25, 0.3) is 16.7 Å². The minimum Gasteiger partial charge on any atom is -0.491 e. The average molecular weight is 526 g/mol. The number of pyridine rings is 1. The van der Waals surface area contributed by atoms with Gasteiger partial charge >= 0.3 is 0 Å². The smallest absolute Gasteiger partial charge is 0.268 e. The summed E-state index contributed by atoms with van der Waals surface area (Å²) in [6.07, 6.45) is 0. The maximum Gasteiger partial charge on any atom is 0.268 e. The lowest BCUT2D eigenvalue weighted by Gasteiger charge is -2.19. The van der Waals surface area contributed by atoms with Crippen LogP contribution in [-0.2, 0) is 6.54 Å². The molecule has 11 heteroatoms. The first kappa shape index (κ1) is 25.2. The summed E-state index contributed by atoms with van der Waals surface area (Å²) < 4.78 is 11.9. The van der Waals surface area contributed by atoms with Crippen LogP contribution in [0.1, 0.15) is 15.9 Å². The van der Waals surface area contributed by atoms with Crippen LogP contribution >= 0.6 is 23.8 Å².